The zero-order chi connectivity index (χ0) is 22.5. The maximum Gasteiger partial charge on any atom is 0.255 e. The minimum atomic E-state index is -0.133. The molecule has 0 radical (unpaired) electrons. The van der Waals surface area contributed by atoms with Crippen molar-refractivity contribution in [3.8, 4) is 5.75 Å². The third-order valence-corrected chi connectivity index (χ3v) is 5.90. The summed E-state index contributed by atoms with van der Waals surface area (Å²) in [5.41, 5.74) is 4.02. The Labute approximate surface area is 188 Å². The minimum Gasteiger partial charge on any atom is -0.497 e. The Morgan fingerprint density at radius 2 is 1.97 bits per heavy atom. The van der Waals surface area contributed by atoms with Crippen molar-refractivity contribution in [2.45, 2.75) is 52.2 Å². The quantitative estimate of drug-likeness (QED) is 0.560. The molecule has 1 aliphatic rings. The van der Waals surface area contributed by atoms with Crippen LogP contribution >= 0.6 is 0 Å². The number of pyridine rings is 1. The number of fused-ring (bicyclic) bond motifs is 1. The van der Waals surface area contributed by atoms with Crippen molar-refractivity contribution in [1.29, 1.82) is 0 Å². The van der Waals surface area contributed by atoms with E-state index in [1.807, 2.05) is 49.0 Å². The number of hydrogen-bond acceptors (Lipinski definition) is 6. The first-order valence-corrected chi connectivity index (χ1v) is 11.3. The first kappa shape index (κ1) is 22.1. The van der Waals surface area contributed by atoms with Crippen molar-refractivity contribution in [3.63, 3.8) is 0 Å². The van der Waals surface area contributed by atoms with E-state index in [1.54, 1.807) is 7.11 Å². The molecule has 32 heavy (non-hydrogen) atoms. The van der Waals surface area contributed by atoms with Crippen molar-refractivity contribution in [3.05, 3.63) is 47.3 Å². The van der Waals surface area contributed by atoms with Crippen LogP contribution in [0.5, 0.6) is 5.75 Å². The number of methoxy groups -OCH3 is 1. The number of amides is 1. The van der Waals surface area contributed by atoms with E-state index in [1.165, 1.54) is 0 Å². The lowest BCUT2D eigenvalue weighted by atomic mass is 10.0. The molecule has 8 nitrogen and oxygen atoms in total. The van der Waals surface area contributed by atoms with E-state index < -0.39 is 0 Å². The highest BCUT2D eigenvalue weighted by molar-refractivity contribution is 6.07. The topological polar surface area (TPSA) is 90.3 Å². The number of ether oxygens (including phenoxy) is 2. The van der Waals surface area contributed by atoms with Crippen LogP contribution in [0, 0.1) is 0 Å². The molecule has 1 aromatic carbocycles. The first-order chi connectivity index (χ1) is 15.6. The smallest absolute Gasteiger partial charge is 0.255 e. The average molecular weight is 438 g/mol. The molecule has 0 spiro atoms. The maximum atomic E-state index is 13.4. The molecule has 0 bridgehead atoms. The second-order valence-electron chi connectivity index (χ2n) is 7.92. The molecule has 0 atom stereocenters. The van der Waals surface area contributed by atoms with Gasteiger partial charge in [-0.2, -0.15) is 5.10 Å². The predicted octanol–water partition coefficient (Wildman–Crippen LogP) is 3.54. The molecule has 8 heteroatoms. The number of carbonyl (C=O) groups excluding carboxylic acids is 1. The highest BCUT2D eigenvalue weighted by Crippen LogP contribution is 2.31. The zero-order valence-corrected chi connectivity index (χ0v) is 19.0. The van der Waals surface area contributed by atoms with Gasteiger partial charge in [0.1, 0.15) is 5.75 Å². The van der Waals surface area contributed by atoms with Crippen LogP contribution < -0.4 is 15.4 Å². The number of benzene rings is 1. The van der Waals surface area contributed by atoms with Gasteiger partial charge in [-0.3, -0.25) is 4.79 Å². The number of hydrogen-bond donors (Lipinski definition) is 2. The second kappa shape index (κ2) is 9.99. The summed E-state index contributed by atoms with van der Waals surface area (Å²) in [4.78, 5) is 18.3. The lowest BCUT2D eigenvalue weighted by Gasteiger charge is -2.26. The maximum absolute atomic E-state index is 13.4. The molecule has 4 rings (SSSR count). The number of nitrogens with zero attached hydrogens (tertiary/aromatic N) is 3. The van der Waals surface area contributed by atoms with Gasteiger partial charge >= 0.3 is 0 Å². The molecule has 0 unspecified atom stereocenters. The van der Waals surface area contributed by atoms with Crippen molar-refractivity contribution in [1.82, 2.24) is 20.1 Å². The molecule has 1 saturated heterocycles. The molecular formula is C24H31N5O3. The van der Waals surface area contributed by atoms with Crippen molar-refractivity contribution >= 4 is 22.6 Å². The number of aromatic nitrogens is 3. The fourth-order valence-electron chi connectivity index (χ4n) is 4.08. The van der Waals surface area contributed by atoms with Gasteiger partial charge in [0, 0.05) is 32.3 Å². The average Bonchev–Trinajstić information content (AvgIpc) is 3.26. The molecular weight excluding hydrogens is 406 g/mol. The number of anilines is 1. The van der Waals surface area contributed by atoms with E-state index in [2.05, 4.69) is 15.7 Å². The van der Waals surface area contributed by atoms with Gasteiger partial charge in [-0.15, -0.1) is 0 Å². The molecule has 0 aliphatic carbocycles. The van der Waals surface area contributed by atoms with Crippen molar-refractivity contribution in [2.75, 3.05) is 25.6 Å². The fourth-order valence-corrected chi connectivity index (χ4v) is 4.08. The SMILES string of the molecule is CCc1nc2c(cnn2CC)c(NC2CCOCC2)c1C(=O)NCc1ccc(OC)cc1. The van der Waals surface area contributed by atoms with E-state index in [-0.39, 0.29) is 11.9 Å². The van der Waals surface area contributed by atoms with Crippen molar-refractivity contribution in [2.24, 2.45) is 0 Å². The van der Waals surface area contributed by atoms with Crippen LogP contribution in [-0.4, -0.2) is 47.0 Å². The monoisotopic (exact) mass is 437 g/mol. The molecule has 3 heterocycles. The fraction of sp³-hybridized carbons (Fsp3) is 0.458. The Morgan fingerprint density at radius 3 is 2.62 bits per heavy atom. The van der Waals surface area contributed by atoms with Crippen LogP contribution in [0.15, 0.2) is 30.5 Å². The van der Waals surface area contributed by atoms with Gasteiger partial charge in [-0.25, -0.2) is 9.67 Å². The van der Waals surface area contributed by atoms with Crippen molar-refractivity contribution < 1.29 is 14.3 Å². The van der Waals surface area contributed by atoms with Gasteiger partial charge in [0.25, 0.3) is 5.91 Å². The Hall–Kier alpha value is -3.13. The summed E-state index contributed by atoms with van der Waals surface area (Å²) >= 11 is 0. The normalized spacial score (nSPS) is 14.5. The molecule has 1 amide bonds. The van der Waals surface area contributed by atoms with Gasteiger partial charge in [-0.1, -0.05) is 19.1 Å². The molecule has 2 aromatic heterocycles. The van der Waals surface area contributed by atoms with Gasteiger partial charge in [0.2, 0.25) is 0 Å². The minimum absolute atomic E-state index is 0.133. The highest BCUT2D eigenvalue weighted by atomic mass is 16.5. The molecule has 2 N–H and O–H groups in total. The third kappa shape index (κ3) is 4.55. The summed E-state index contributed by atoms with van der Waals surface area (Å²) < 4.78 is 12.6. The molecule has 1 fully saturated rings. The molecule has 3 aromatic rings. The number of rotatable bonds is 8. The van der Waals surface area contributed by atoms with Crippen LogP contribution in [0.3, 0.4) is 0 Å². The van der Waals surface area contributed by atoms with Gasteiger partial charge in [0.15, 0.2) is 5.65 Å². The summed E-state index contributed by atoms with van der Waals surface area (Å²) in [5.74, 6) is 0.657. The predicted molar refractivity (Wildman–Crippen MR) is 124 cm³/mol. The Kier molecular flexibility index (Phi) is 6.90. The zero-order valence-electron chi connectivity index (χ0n) is 19.0. The van der Waals surface area contributed by atoms with E-state index in [9.17, 15) is 4.79 Å². The standard InChI is InChI=1S/C24H31N5O3/c1-4-20-21(24(30)25-14-16-6-8-18(31-3)9-7-16)22(27-17-10-12-32-13-11-17)19-15-26-29(5-2)23(19)28-20/h6-9,15,17H,4-5,10-14H2,1-3H3,(H,25,30)(H,27,28). The molecule has 170 valence electrons. The third-order valence-electron chi connectivity index (χ3n) is 5.90. The number of nitrogens with one attached hydrogen (secondary N) is 2. The molecule has 0 saturated carbocycles. The number of aryl methyl sites for hydroxylation is 2. The lowest BCUT2D eigenvalue weighted by Crippen LogP contribution is -2.31. The van der Waals surface area contributed by atoms with E-state index >= 15 is 0 Å². The van der Waals surface area contributed by atoms with Gasteiger partial charge in [0.05, 0.1) is 35.6 Å². The van der Waals surface area contributed by atoms with Crippen LogP contribution in [0.25, 0.3) is 11.0 Å². The van der Waals surface area contributed by atoms with Gasteiger partial charge in [-0.05, 0) is 43.9 Å². The highest BCUT2D eigenvalue weighted by Gasteiger charge is 2.25. The van der Waals surface area contributed by atoms with E-state index in [4.69, 9.17) is 14.5 Å². The Bertz CT molecular complexity index is 1070. The van der Waals surface area contributed by atoms with Crippen LogP contribution in [-0.2, 0) is 24.2 Å². The Morgan fingerprint density at radius 1 is 1.22 bits per heavy atom. The largest absolute Gasteiger partial charge is 0.497 e. The Balaban J connectivity index is 1.68. The lowest BCUT2D eigenvalue weighted by molar-refractivity contribution is 0.0903. The van der Waals surface area contributed by atoms with E-state index in [0.29, 0.717) is 18.5 Å². The van der Waals surface area contributed by atoms with Gasteiger partial charge < -0.3 is 20.1 Å². The number of carbonyl (C=O) groups is 1. The first-order valence-electron chi connectivity index (χ1n) is 11.3. The summed E-state index contributed by atoms with van der Waals surface area (Å²) in [6.07, 6.45) is 4.27. The van der Waals surface area contributed by atoms with Crippen LogP contribution in [0.4, 0.5) is 5.69 Å². The van der Waals surface area contributed by atoms with E-state index in [0.717, 1.165) is 66.3 Å². The summed E-state index contributed by atoms with van der Waals surface area (Å²) in [7, 11) is 1.64. The second-order valence-corrected chi connectivity index (χ2v) is 7.92. The molecule has 1 aliphatic heterocycles. The van der Waals surface area contributed by atoms with Crippen LogP contribution in [0.2, 0.25) is 0 Å². The summed E-state index contributed by atoms with van der Waals surface area (Å²) in [6.45, 7) is 6.66. The summed E-state index contributed by atoms with van der Waals surface area (Å²) in [5, 5.41) is 12.1. The summed E-state index contributed by atoms with van der Waals surface area (Å²) in [6, 6.07) is 7.94. The van der Waals surface area contributed by atoms with Crippen LogP contribution in [0.1, 0.15) is 48.3 Å².